The highest BCUT2D eigenvalue weighted by Crippen LogP contribution is 2.00. The van der Waals surface area contributed by atoms with Crippen molar-refractivity contribution in [3.8, 4) is 0 Å². The standard InChI is InChI=1S/C13H18N4O2/c1-17(11-7-14-8-11)9-12(18)15-16-13(19)10-5-3-2-4-6-10/h2-6,11,14H,7-9H2,1H3,(H,15,18)(H,16,19). The molecular formula is C13H18N4O2. The van der Waals surface area contributed by atoms with Crippen molar-refractivity contribution in [2.75, 3.05) is 26.7 Å². The Labute approximate surface area is 112 Å². The maximum Gasteiger partial charge on any atom is 0.269 e. The number of carbonyl (C=O) groups excluding carboxylic acids is 2. The number of hydrazine groups is 1. The van der Waals surface area contributed by atoms with Crippen LogP contribution in [0.3, 0.4) is 0 Å². The van der Waals surface area contributed by atoms with Gasteiger partial charge < -0.3 is 5.32 Å². The van der Waals surface area contributed by atoms with Crippen LogP contribution < -0.4 is 16.2 Å². The van der Waals surface area contributed by atoms with Gasteiger partial charge in [-0.15, -0.1) is 0 Å². The molecule has 1 saturated heterocycles. The van der Waals surface area contributed by atoms with Gasteiger partial charge in [0.25, 0.3) is 11.8 Å². The molecule has 1 aromatic carbocycles. The second-order valence-electron chi connectivity index (χ2n) is 4.60. The van der Waals surface area contributed by atoms with Crippen molar-refractivity contribution >= 4 is 11.8 Å². The van der Waals surface area contributed by atoms with Crippen molar-refractivity contribution < 1.29 is 9.59 Å². The Kier molecular flexibility index (Phi) is 4.48. The normalized spacial score (nSPS) is 14.8. The molecule has 0 spiro atoms. The Morgan fingerprint density at radius 3 is 2.53 bits per heavy atom. The summed E-state index contributed by atoms with van der Waals surface area (Å²) < 4.78 is 0. The van der Waals surface area contributed by atoms with Crippen molar-refractivity contribution in [3.63, 3.8) is 0 Å². The van der Waals surface area contributed by atoms with Crippen LogP contribution >= 0.6 is 0 Å². The largest absolute Gasteiger partial charge is 0.314 e. The molecule has 6 heteroatoms. The van der Waals surface area contributed by atoms with Gasteiger partial charge in [-0.05, 0) is 19.2 Å². The molecule has 0 aliphatic carbocycles. The minimum Gasteiger partial charge on any atom is -0.314 e. The quantitative estimate of drug-likeness (QED) is 0.631. The summed E-state index contributed by atoms with van der Waals surface area (Å²) >= 11 is 0. The first-order valence-electron chi connectivity index (χ1n) is 6.22. The fraction of sp³-hybridized carbons (Fsp3) is 0.385. The third-order valence-electron chi connectivity index (χ3n) is 3.13. The van der Waals surface area contributed by atoms with Gasteiger partial charge in [0.1, 0.15) is 0 Å². The molecule has 1 aromatic rings. The average molecular weight is 262 g/mol. The highest BCUT2D eigenvalue weighted by Gasteiger charge is 2.22. The molecule has 6 nitrogen and oxygen atoms in total. The van der Waals surface area contributed by atoms with Gasteiger partial charge in [-0.3, -0.25) is 25.3 Å². The molecule has 2 rings (SSSR count). The maximum atomic E-state index is 11.7. The topological polar surface area (TPSA) is 73.5 Å². The molecule has 0 aromatic heterocycles. The van der Waals surface area contributed by atoms with Crippen LogP contribution in [0.2, 0.25) is 0 Å². The number of carbonyl (C=O) groups is 2. The number of hydrogen-bond acceptors (Lipinski definition) is 4. The monoisotopic (exact) mass is 262 g/mol. The predicted octanol–water partition coefficient (Wildman–Crippen LogP) is -0.649. The second kappa shape index (κ2) is 6.31. The summed E-state index contributed by atoms with van der Waals surface area (Å²) in [5, 5.41) is 3.14. The molecule has 1 fully saturated rings. The summed E-state index contributed by atoms with van der Waals surface area (Å²) in [4.78, 5) is 25.3. The van der Waals surface area contributed by atoms with E-state index >= 15 is 0 Å². The highest BCUT2D eigenvalue weighted by molar-refractivity contribution is 5.95. The van der Waals surface area contributed by atoms with Gasteiger partial charge in [0.2, 0.25) is 0 Å². The van der Waals surface area contributed by atoms with E-state index in [0.29, 0.717) is 11.6 Å². The van der Waals surface area contributed by atoms with Gasteiger partial charge in [0.05, 0.1) is 6.54 Å². The van der Waals surface area contributed by atoms with E-state index in [0.717, 1.165) is 13.1 Å². The number of nitrogens with zero attached hydrogens (tertiary/aromatic N) is 1. The van der Waals surface area contributed by atoms with E-state index < -0.39 is 0 Å². The summed E-state index contributed by atoms with van der Waals surface area (Å²) in [5.41, 5.74) is 5.33. The van der Waals surface area contributed by atoms with Crippen LogP contribution in [-0.4, -0.2) is 49.4 Å². The minimum atomic E-state index is -0.318. The van der Waals surface area contributed by atoms with Gasteiger partial charge in [-0.25, -0.2) is 0 Å². The van der Waals surface area contributed by atoms with Crippen molar-refractivity contribution in [1.29, 1.82) is 0 Å². The van der Waals surface area contributed by atoms with Crippen LogP contribution in [0, 0.1) is 0 Å². The number of likely N-dealkylation sites (N-methyl/N-ethyl adjacent to an activating group) is 1. The molecule has 0 radical (unpaired) electrons. The van der Waals surface area contributed by atoms with Crippen LogP contribution in [0.4, 0.5) is 0 Å². The third-order valence-corrected chi connectivity index (χ3v) is 3.13. The molecule has 1 aliphatic rings. The van der Waals surface area contributed by atoms with Gasteiger partial charge in [0.15, 0.2) is 0 Å². The number of nitrogens with one attached hydrogen (secondary N) is 3. The summed E-state index contributed by atoms with van der Waals surface area (Å²) in [6.45, 7) is 2.07. The van der Waals surface area contributed by atoms with Crippen LogP contribution in [0.25, 0.3) is 0 Å². The van der Waals surface area contributed by atoms with E-state index in [1.54, 1.807) is 24.3 Å². The lowest BCUT2D eigenvalue weighted by molar-refractivity contribution is -0.123. The van der Waals surface area contributed by atoms with Gasteiger partial charge >= 0.3 is 0 Å². The van der Waals surface area contributed by atoms with Crippen LogP contribution in [0.15, 0.2) is 30.3 Å². The molecule has 1 aliphatic heterocycles. The Bertz CT molecular complexity index is 445. The summed E-state index contributed by atoms with van der Waals surface area (Å²) in [5.74, 6) is -0.541. The molecule has 3 N–H and O–H groups in total. The van der Waals surface area contributed by atoms with Gasteiger partial charge in [0, 0.05) is 24.7 Å². The molecule has 0 saturated carbocycles. The molecule has 102 valence electrons. The summed E-state index contributed by atoms with van der Waals surface area (Å²) in [6.07, 6.45) is 0. The molecule has 19 heavy (non-hydrogen) atoms. The summed E-state index contributed by atoms with van der Waals surface area (Å²) in [6, 6.07) is 9.15. The number of hydrogen-bond donors (Lipinski definition) is 3. The summed E-state index contributed by atoms with van der Waals surface area (Å²) in [7, 11) is 1.89. The first kappa shape index (κ1) is 13.5. The Morgan fingerprint density at radius 1 is 1.26 bits per heavy atom. The van der Waals surface area contributed by atoms with Crippen LogP contribution in [0.5, 0.6) is 0 Å². The van der Waals surface area contributed by atoms with E-state index in [1.165, 1.54) is 0 Å². The van der Waals surface area contributed by atoms with Crippen LogP contribution in [-0.2, 0) is 4.79 Å². The zero-order valence-electron chi connectivity index (χ0n) is 10.8. The van der Waals surface area contributed by atoms with E-state index in [4.69, 9.17) is 0 Å². The predicted molar refractivity (Wildman–Crippen MR) is 71.3 cm³/mol. The fourth-order valence-corrected chi connectivity index (χ4v) is 1.77. The van der Waals surface area contributed by atoms with E-state index in [9.17, 15) is 9.59 Å². The highest BCUT2D eigenvalue weighted by atomic mass is 16.2. The van der Waals surface area contributed by atoms with E-state index in [-0.39, 0.29) is 18.4 Å². The molecule has 1 heterocycles. The lowest BCUT2D eigenvalue weighted by Gasteiger charge is -2.35. The Morgan fingerprint density at radius 2 is 1.95 bits per heavy atom. The average Bonchev–Trinajstić information content (AvgIpc) is 2.34. The molecular weight excluding hydrogens is 244 g/mol. The third kappa shape index (κ3) is 3.77. The first-order chi connectivity index (χ1) is 9.16. The SMILES string of the molecule is CN(CC(=O)NNC(=O)c1ccccc1)C1CNC1. The van der Waals surface area contributed by atoms with E-state index in [2.05, 4.69) is 16.2 Å². The van der Waals surface area contributed by atoms with E-state index in [1.807, 2.05) is 18.0 Å². The number of benzene rings is 1. The maximum absolute atomic E-state index is 11.7. The zero-order valence-corrected chi connectivity index (χ0v) is 10.8. The number of rotatable bonds is 4. The second-order valence-corrected chi connectivity index (χ2v) is 4.60. The van der Waals surface area contributed by atoms with Crippen molar-refractivity contribution in [2.45, 2.75) is 6.04 Å². The Balaban J connectivity index is 1.72. The zero-order chi connectivity index (χ0) is 13.7. The molecule has 0 bridgehead atoms. The Hall–Kier alpha value is -1.92. The van der Waals surface area contributed by atoms with Gasteiger partial charge in [-0.1, -0.05) is 18.2 Å². The molecule has 0 atom stereocenters. The van der Waals surface area contributed by atoms with Crippen molar-refractivity contribution in [2.24, 2.45) is 0 Å². The van der Waals surface area contributed by atoms with Crippen LogP contribution in [0.1, 0.15) is 10.4 Å². The molecule has 2 amide bonds. The lowest BCUT2D eigenvalue weighted by atomic mass is 10.1. The number of amides is 2. The van der Waals surface area contributed by atoms with Gasteiger partial charge in [-0.2, -0.15) is 0 Å². The van der Waals surface area contributed by atoms with Crippen molar-refractivity contribution in [3.05, 3.63) is 35.9 Å². The smallest absolute Gasteiger partial charge is 0.269 e. The van der Waals surface area contributed by atoms with Crippen molar-refractivity contribution in [1.82, 2.24) is 21.1 Å². The molecule has 0 unspecified atom stereocenters. The minimum absolute atomic E-state index is 0.223. The first-order valence-corrected chi connectivity index (χ1v) is 6.22. The lowest BCUT2D eigenvalue weighted by Crippen LogP contribution is -2.58. The fourth-order valence-electron chi connectivity index (χ4n) is 1.77.